The Kier molecular flexibility index (Phi) is 5.40. The first-order valence-electron chi connectivity index (χ1n) is 8.44. The van der Waals surface area contributed by atoms with E-state index in [-0.39, 0.29) is 22.4 Å². The van der Waals surface area contributed by atoms with Crippen LogP contribution >= 0.6 is 11.6 Å². The number of nitrogens with zero attached hydrogens (tertiary/aromatic N) is 1. The lowest BCUT2D eigenvalue weighted by atomic mass is 9.86. The highest BCUT2D eigenvalue weighted by molar-refractivity contribution is 6.24. The molecule has 0 aromatic heterocycles. The van der Waals surface area contributed by atoms with Gasteiger partial charge in [0.1, 0.15) is 5.75 Å². The standard InChI is InChI=1S/C20H18ClNO6/c1-3-7-12-8-6-11-15-16(12)28-18(20(21,17(15)23)22(25)26)13-9-4-5-10-14(13)19(24)27-2/h3-6,8-11,17-18,23H,1,7H2,2H3/t17-,18-,20+/m0/s1. The van der Waals surface area contributed by atoms with Gasteiger partial charge in [0.05, 0.1) is 17.6 Å². The Labute approximate surface area is 166 Å². The van der Waals surface area contributed by atoms with E-state index in [4.69, 9.17) is 21.1 Å². The highest BCUT2D eigenvalue weighted by Gasteiger charge is 2.62. The number of nitro groups is 1. The number of allylic oxidation sites excluding steroid dienone is 1. The molecule has 7 nitrogen and oxygen atoms in total. The summed E-state index contributed by atoms with van der Waals surface area (Å²) in [6, 6.07) is 11.1. The number of fused-ring (bicyclic) bond motifs is 1. The summed E-state index contributed by atoms with van der Waals surface area (Å²) >= 11 is 6.39. The lowest BCUT2D eigenvalue weighted by molar-refractivity contribution is -0.570. The summed E-state index contributed by atoms with van der Waals surface area (Å²) in [7, 11) is 1.20. The molecule has 0 saturated heterocycles. The molecule has 8 heteroatoms. The number of alkyl halides is 1. The third kappa shape index (κ3) is 3.02. The topological polar surface area (TPSA) is 98.9 Å². The second-order valence-corrected chi connectivity index (χ2v) is 6.90. The zero-order chi connectivity index (χ0) is 20.5. The maximum atomic E-state index is 12.2. The second-order valence-electron chi connectivity index (χ2n) is 6.29. The maximum absolute atomic E-state index is 12.2. The van der Waals surface area contributed by atoms with Gasteiger partial charge in [0.25, 0.3) is 0 Å². The van der Waals surface area contributed by atoms with Crippen molar-refractivity contribution in [3.8, 4) is 5.75 Å². The van der Waals surface area contributed by atoms with Crippen LogP contribution in [0.3, 0.4) is 0 Å². The minimum absolute atomic E-state index is 0.0683. The zero-order valence-electron chi connectivity index (χ0n) is 15.0. The van der Waals surface area contributed by atoms with Gasteiger partial charge in [-0.2, -0.15) is 0 Å². The number of methoxy groups -OCH3 is 1. The van der Waals surface area contributed by atoms with Crippen LogP contribution < -0.4 is 4.74 Å². The van der Waals surface area contributed by atoms with Crippen molar-refractivity contribution in [2.45, 2.75) is 23.6 Å². The fourth-order valence-electron chi connectivity index (χ4n) is 3.34. The first-order valence-corrected chi connectivity index (χ1v) is 8.82. The van der Waals surface area contributed by atoms with Crippen LogP contribution in [0.4, 0.5) is 0 Å². The molecule has 0 bridgehead atoms. The van der Waals surface area contributed by atoms with E-state index in [9.17, 15) is 20.0 Å². The summed E-state index contributed by atoms with van der Waals surface area (Å²) in [6.07, 6.45) is -1.03. The van der Waals surface area contributed by atoms with Crippen molar-refractivity contribution < 1.29 is 24.3 Å². The predicted octanol–water partition coefficient (Wildman–Crippen LogP) is 3.58. The summed E-state index contributed by atoms with van der Waals surface area (Å²) in [5, 5.41) is 22.8. The van der Waals surface area contributed by atoms with Crippen LogP contribution in [0.2, 0.25) is 0 Å². The number of para-hydroxylation sites is 1. The van der Waals surface area contributed by atoms with Crippen molar-refractivity contribution in [2.24, 2.45) is 0 Å². The van der Waals surface area contributed by atoms with Gasteiger partial charge in [0.2, 0.25) is 6.10 Å². The molecular weight excluding hydrogens is 386 g/mol. The molecule has 0 saturated carbocycles. The van der Waals surface area contributed by atoms with Gasteiger partial charge in [-0.3, -0.25) is 10.1 Å². The van der Waals surface area contributed by atoms with Gasteiger partial charge in [-0.1, -0.05) is 42.5 Å². The van der Waals surface area contributed by atoms with Crippen LogP contribution in [0, 0.1) is 10.1 Å². The summed E-state index contributed by atoms with van der Waals surface area (Å²) < 4.78 is 10.8. The van der Waals surface area contributed by atoms with E-state index in [0.29, 0.717) is 12.0 Å². The minimum Gasteiger partial charge on any atom is -0.476 e. The van der Waals surface area contributed by atoms with E-state index < -0.39 is 28.1 Å². The molecule has 1 N–H and O–H groups in total. The number of benzene rings is 2. The Balaban J connectivity index is 2.25. The van der Waals surface area contributed by atoms with Gasteiger partial charge in [-0.05, 0) is 29.7 Å². The van der Waals surface area contributed by atoms with Crippen LogP contribution in [0.5, 0.6) is 5.75 Å². The summed E-state index contributed by atoms with van der Waals surface area (Å²) in [5.74, 6) is -0.404. The van der Waals surface area contributed by atoms with E-state index >= 15 is 0 Å². The van der Waals surface area contributed by atoms with Crippen LogP contribution in [0.1, 0.15) is 39.3 Å². The minimum atomic E-state index is -2.44. The Morgan fingerprint density at radius 3 is 2.68 bits per heavy atom. The fourth-order valence-corrected chi connectivity index (χ4v) is 3.62. The molecule has 0 aliphatic carbocycles. The van der Waals surface area contributed by atoms with Crippen molar-refractivity contribution in [3.63, 3.8) is 0 Å². The maximum Gasteiger partial charge on any atom is 0.364 e. The van der Waals surface area contributed by atoms with Gasteiger partial charge in [0, 0.05) is 11.1 Å². The van der Waals surface area contributed by atoms with Crippen LogP contribution in [-0.4, -0.2) is 28.1 Å². The molecule has 0 fully saturated rings. The number of hydrogen-bond acceptors (Lipinski definition) is 6. The fraction of sp³-hybridized carbons (Fsp3) is 0.250. The first-order chi connectivity index (χ1) is 13.4. The molecule has 1 aliphatic rings. The number of carbonyl (C=O) groups excluding carboxylic acids is 1. The molecule has 0 amide bonds. The quantitative estimate of drug-likeness (QED) is 0.204. The highest BCUT2D eigenvalue weighted by Crippen LogP contribution is 2.53. The third-order valence-corrected chi connectivity index (χ3v) is 5.24. The molecule has 2 aromatic carbocycles. The lowest BCUT2D eigenvalue weighted by Gasteiger charge is -2.38. The second kappa shape index (κ2) is 7.61. The largest absolute Gasteiger partial charge is 0.476 e. The van der Waals surface area contributed by atoms with Crippen molar-refractivity contribution in [1.29, 1.82) is 0 Å². The zero-order valence-corrected chi connectivity index (χ0v) is 15.8. The molecule has 3 atom stereocenters. The van der Waals surface area contributed by atoms with Gasteiger partial charge < -0.3 is 14.6 Å². The number of halogens is 1. The SMILES string of the molecule is C=CCc1cccc2c1O[C@@H](c1ccccc1C(=O)OC)[C@](Cl)([N+](=O)[O-])[C@H]2O. The summed E-state index contributed by atoms with van der Waals surface area (Å²) in [5.41, 5.74) is 1.12. The van der Waals surface area contributed by atoms with Gasteiger partial charge in [-0.25, -0.2) is 4.79 Å². The third-order valence-electron chi connectivity index (χ3n) is 4.70. The van der Waals surface area contributed by atoms with Gasteiger partial charge in [0.15, 0.2) is 6.10 Å². The molecular formula is C20H18ClNO6. The molecule has 1 heterocycles. The first kappa shape index (κ1) is 19.9. The summed E-state index contributed by atoms with van der Waals surface area (Å²) in [4.78, 5) is 20.9. The van der Waals surface area contributed by atoms with E-state index in [1.165, 1.54) is 25.3 Å². The molecule has 2 aromatic rings. The van der Waals surface area contributed by atoms with Gasteiger partial charge in [-0.15, -0.1) is 6.58 Å². The highest BCUT2D eigenvalue weighted by atomic mass is 35.5. The number of aliphatic hydroxyl groups is 1. The molecule has 0 radical (unpaired) electrons. The predicted molar refractivity (Wildman–Crippen MR) is 102 cm³/mol. The smallest absolute Gasteiger partial charge is 0.364 e. The summed E-state index contributed by atoms with van der Waals surface area (Å²) in [6.45, 7) is 3.69. The van der Waals surface area contributed by atoms with Crippen molar-refractivity contribution in [1.82, 2.24) is 0 Å². The Bertz CT molecular complexity index is 946. The van der Waals surface area contributed by atoms with Gasteiger partial charge >= 0.3 is 11.0 Å². The number of aliphatic hydroxyl groups excluding tert-OH is 1. The number of rotatable bonds is 5. The Hall–Kier alpha value is -2.90. The van der Waals surface area contributed by atoms with E-state index in [1.54, 1.807) is 30.3 Å². The monoisotopic (exact) mass is 403 g/mol. The van der Waals surface area contributed by atoms with Crippen molar-refractivity contribution in [2.75, 3.05) is 7.11 Å². The van der Waals surface area contributed by atoms with E-state index in [0.717, 1.165) is 0 Å². The molecule has 0 spiro atoms. The number of carbonyl (C=O) groups is 1. The normalized spacial score (nSPS) is 23.2. The Morgan fingerprint density at radius 1 is 1.36 bits per heavy atom. The van der Waals surface area contributed by atoms with E-state index in [2.05, 4.69) is 6.58 Å². The van der Waals surface area contributed by atoms with Crippen LogP contribution in [0.15, 0.2) is 55.1 Å². The van der Waals surface area contributed by atoms with E-state index in [1.807, 2.05) is 0 Å². The van der Waals surface area contributed by atoms with Crippen molar-refractivity contribution in [3.05, 3.63) is 87.5 Å². The number of ether oxygens (including phenoxy) is 2. The van der Waals surface area contributed by atoms with Crippen molar-refractivity contribution >= 4 is 17.6 Å². The lowest BCUT2D eigenvalue weighted by Crippen LogP contribution is -2.50. The molecule has 146 valence electrons. The number of hydrogen-bond donors (Lipinski definition) is 1. The number of esters is 1. The molecule has 1 aliphatic heterocycles. The Morgan fingerprint density at radius 2 is 2.04 bits per heavy atom. The average molecular weight is 404 g/mol. The van der Waals surface area contributed by atoms with Crippen LogP contribution in [-0.2, 0) is 11.2 Å². The van der Waals surface area contributed by atoms with Crippen LogP contribution in [0.25, 0.3) is 0 Å². The molecule has 3 rings (SSSR count). The molecule has 28 heavy (non-hydrogen) atoms. The molecule has 0 unspecified atom stereocenters. The average Bonchev–Trinajstić information content (AvgIpc) is 2.70.